The molecule has 0 radical (unpaired) electrons. The van der Waals surface area contributed by atoms with Crippen molar-refractivity contribution in [3.8, 4) is 0 Å². The summed E-state index contributed by atoms with van der Waals surface area (Å²) in [4.78, 5) is 15.0. The molecule has 3 nitrogen and oxygen atoms in total. The lowest BCUT2D eigenvalue weighted by molar-refractivity contribution is -0.134. The van der Waals surface area contributed by atoms with Crippen LogP contribution in [0.3, 0.4) is 0 Å². The predicted molar refractivity (Wildman–Crippen MR) is 89.2 cm³/mol. The van der Waals surface area contributed by atoms with Crippen molar-refractivity contribution in [3.05, 3.63) is 35.9 Å². The normalized spacial score (nSPS) is 13.7. The van der Waals surface area contributed by atoms with Gasteiger partial charge >= 0.3 is 0 Å². The molecule has 1 amide bonds. The molecule has 1 rings (SSSR count). The highest BCUT2D eigenvalue weighted by molar-refractivity contribution is 5.84. The molecule has 0 aliphatic rings. The van der Waals surface area contributed by atoms with Gasteiger partial charge in [-0.25, -0.2) is 0 Å². The molecule has 1 aromatic carbocycles. The minimum absolute atomic E-state index is 0.0412. The molecule has 0 spiro atoms. The van der Waals surface area contributed by atoms with Gasteiger partial charge in [0.25, 0.3) is 0 Å². The van der Waals surface area contributed by atoms with Gasteiger partial charge in [-0.1, -0.05) is 57.5 Å². The molecule has 0 fully saturated rings. The van der Waals surface area contributed by atoms with Crippen LogP contribution >= 0.6 is 0 Å². The van der Waals surface area contributed by atoms with Crippen molar-refractivity contribution in [2.75, 3.05) is 19.6 Å². The fourth-order valence-corrected chi connectivity index (χ4v) is 2.69. The van der Waals surface area contributed by atoms with Crippen LogP contribution in [0, 0.1) is 5.92 Å². The fourth-order valence-electron chi connectivity index (χ4n) is 2.69. The zero-order chi connectivity index (χ0) is 15.7. The minimum atomic E-state index is -0.0412. The molecule has 2 atom stereocenters. The van der Waals surface area contributed by atoms with Crippen LogP contribution in [-0.2, 0) is 4.79 Å². The second kappa shape index (κ2) is 9.56. The van der Waals surface area contributed by atoms with E-state index < -0.39 is 0 Å². The molecule has 2 unspecified atom stereocenters. The van der Waals surface area contributed by atoms with E-state index in [-0.39, 0.29) is 11.8 Å². The highest BCUT2D eigenvalue weighted by Crippen LogP contribution is 2.29. The summed E-state index contributed by atoms with van der Waals surface area (Å²) in [5.74, 6) is 0.559. The molecular formula is C18H30N2O. The maximum atomic E-state index is 13.0. The van der Waals surface area contributed by atoms with Crippen LogP contribution in [0.15, 0.2) is 30.3 Å². The monoisotopic (exact) mass is 290 g/mol. The standard InChI is InChI=1S/C18H30N2O/c1-4-13-20(14-9-12-19)18(21)17(15(3)5-2)16-10-7-6-8-11-16/h6-8,10-11,15,17H,4-5,9,12-14,19H2,1-3H3. The second-order valence-corrected chi connectivity index (χ2v) is 5.74. The third-order valence-corrected chi connectivity index (χ3v) is 4.08. The highest BCUT2D eigenvalue weighted by atomic mass is 16.2. The van der Waals surface area contributed by atoms with E-state index in [0.717, 1.165) is 37.9 Å². The lowest BCUT2D eigenvalue weighted by Gasteiger charge is -2.30. The Morgan fingerprint density at radius 2 is 1.86 bits per heavy atom. The molecule has 0 saturated heterocycles. The first-order chi connectivity index (χ1) is 10.2. The van der Waals surface area contributed by atoms with Gasteiger partial charge in [-0.2, -0.15) is 0 Å². The molecule has 0 bridgehead atoms. The third kappa shape index (κ3) is 5.16. The lowest BCUT2D eigenvalue weighted by atomic mass is 9.84. The van der Waals surface area contributed by atoms with E-state index in [2.05, 4.69) is 32.9 Å². The fraction of sp³-hybridized carbons (Fsp3) is 0.611. The van der Waals surface area contributed by atoms with Gasteiger partial charge in [0, 0.05) is 13.1 Å². The van der Waals surface area contributed by atoms with Gasteiger partial charge in [-0.15, -0.1) is 0 Å². The summed E-state index contributed by atoms with van der Waals surface area (Å²) in [5, 5.41) is 0. The van der Waals surface area contributed by atoms with E-state index in [9.17, 15) is 4.79 Å². The summed E-state index contributed by atoms with van der Waals surface area (Å²) < 4.78 is 0. The van der Waals surface area contributed by atoms with Gasteiger partial charge in [0.15, 0.2) is 0 Å². The van der Waals surface area contributed by atoms with Crippen LogP contribution in [0.2, 0.25) is 0 Å². The minimum Gasteiger partial charge on any atom is -0.342 e. The Hall–Kier alpha value is -1.35. The zero-order valence-corrected chi connectivity index (χ0v) is 13.7. The van der Waals surface area contributed by atoms with Gasteiger partial charge in [0.1, 0.15) is 0 Å². The molecule has 1 aromatic rings. The molecule has 0 aromatic heterocycles. The molecule has 118 valence electrons. The quantitative estimate of drug-likeness (QED) is 0.757. The SMILES string of the molecule is CCCN(CCCN)C(=O)C(c1ccccc1)C(C)CC. The Kier molecular flexibility index (Phi) is 8.06. The number of benzene rings is 1. The first-order valence-corrected chi connectivity index (χ1v) is 8.19. The summed E-state index contributed by atoms with van der Waals surface area (Å²) in [6, 6.07) is 10.2. The van der Waals surface area contributed by atoms with E-state index in [4.69, 9.17) is 5.73 Å². The van der Waals surface area contributed by atoms with Gasteiger partial charge in [0.2, 0.25) is 5.91 Å². The van der Waals surface area contributed by atoms with Crippen LogP contribution < -0.4 is 5.73 Å². The Morgan fingerprint density at radius 3 is 2.38 bits per heavy atom. The summed E-state index contributed by atoms with van der Waals surface area (Å²) in [5.41, 5.74) is 6.74. The zero-order valence-electron chi connectivity index (χ0n) is 13.7. The maximum Gasteiger partial charge on any atom is 0.230 e. The smallest absolute Gasteiger partial charge is 0.230 e. The Balaban J connectivity index is 2.97. The molecule has 0 saturated carbocycles. The van der Waals surface area contributed by atoms with Crippen LogP contribution in [0.1, 0.15) is 51.5 Å². The van der Waals surface area contributed by atoms with Crippen molar-refractivity contribution in [3.63, 3.8) is 0 Å². The van der Waals surface area contributed by atoms with E-state index in [1.54, 1.807) is 0 Å². The topological polar surface area (TPSA) is 46.3 Å². The average molecular weight is 290 g/mol. The van der Waals surface area contributed by atoms with Crippen LogP contribution in [-0.4, -0.2) is 30.4 Å². The van der Waals surface area contributed by atoms with Crippen molar-refractivity contribution >= 4 is 5.91 Å². The molecule has 0 heterocycles. The number of nitrogens with two attached hydrogens (primary N) is 1. The van der Waals surface area contributed by atoms with Gasteiger partial charge in [-0.05, 0) is 30.9 Å². The van der Waals surface area contributed by atoms with Crippen LogP contribution in [0.5, 0.6) is 0 Å². The average Bonchev–Trinajstić information content (AvgIpc) is 2.52. The van der Waals surface area contributed by atoms with Crippen LogP contribution in [0.4, 0.5) is 0 Å². The molecular weight excluding hydrogens is 260 g/mol. The summed E-state index contributed by atoms with van der Waals surface area (Å²) in [6.45, 7) is 8.65. The molecule has 3 heteroatoms. The molecule has 0 aliphatic carbocycles. The third-order valence-electron chi connectivity index (χ3n) is 4.08. The van der Waals surface area contributed by atoms with Gasteiger partial charge in [-0.3, -0.25) is 4.79 Å². The van der Waals surface area contributed by atoms with Crippen LogP contribution in [0.25, 0.3) is 0 Å². The molecule has 2 N–H and O–H groups in total. The summed E-state index contributed by atoms with van der Waals surface area (Å²) in [6.07, 6.45) is 2.86. The van der Waals surface area contributed by atoms with Gasteiger partial charge in [0.05, 0.1) is 5.92 Å². The Bertz CT molecular complexity index is 405. The van der Waals surface area contributed by atoms with Crippen molar-refractivity contribution < 1.29 is 4.79 Å². The van der Waals surface area contributed by atoms with E-state index in [1.165, 1.54) is 0 Å². The van der Waals surface area contributed by atoms with E-state index in [1.807, 2.05) is 23.1 Å². The summed E-state index contributed by atoms with van der Waals surface area (Å²) in [7, 11) is 0. The number of hydrogen-bond acceptors (Lipinski definition) is 2. The largest absolute Gasteiger partial charge is 0.342 e. The Morgan fingerprint density at radius 1 is 1.19 bits per heavy atom. The van der Waals surface area contributed by atoms with Crippen molar-refractivity contribution in [1.29, 1.82) is 0 Å². The van der Waals surface area contributed by atoms with E-state index in [0.29, 0.717) is 12.5 Å². The molecule has 0 aliphatic heterocycles. The number of rotatable bonds is 9. The number of hydrogen-bond donors (Lipinski definition) is 1. The highest BCUT2D eigenvalue weighted by Gasteiger charge is 2.29. The number of carbonyl (C=O) groups excluding carboxylic acids is 1. The number of carbonyl (C=O) groups is 1. The second-order valence-electron chi connectivity index (χ2n) is 5.74. The van der Waals surface area contributed by atoms with E-state index >= 15 is 0 Å². The number of amides is 1. The predicted octanol–water partition coefficient (Wildman–Crippen LogP) is 3.40. The Labute approximate surface area is 129 Å². The maximum absolute atomic E-state index is 13.0. The van der Waals surface area contributed by atoms with Gasteiger partial charge < -0.3 is 10.6 Å². The first kappa shape index (κ1) is 17.7. The number of nitrogens with zero attached hydrogens (tertiary/aromatic N) is 1. The van der Waals surface area contributed by atoms with Crippen molar-refractivity contribution in [2.24, 2.45) is 11.7 Å². The lowest BCUT2D eigenvalue weighted by Crippen LogP contribution is -2.39. The summed E-state index contributed by atoms with van der Waals surface area (Å²) >= 11 is 0. The molecule has 21 heavy (non-hydrogen) atoms. The van der Waals surface area contributed by atoms with Crippen molar-refractivity contribution in [2.45, 2.75) is 46.0 Å². The van der Waals surface area contributed by atoms with Crippen molar-refractivity contribution in [1.82, 2.24) is 4.90 Å². The first-order valence-electron chi connectivity index (χ1n) is 8.19.